The molecule has 0 aliphatic carbocycles. The SMILES string of the molecule is O=c1c2cnc3nc(-c4ccncc4)nn3c2ccn1-c1ncn[nH]1. The lowest BCUT2D eigenvalue weighted by Crippen LogP contribution is -2.19. The van der Waals surface area contributed by atoms with Crippen LogP contribution in [0.1, 0.15) is 0 Å². The zero-order valence-corrected chi connectivity index (χ0v) is 12.6. The molecule has 0 unspecified atom stereocenters. The molecule has 5 aromatic heterocycles. The summed E-state index contributed by atoms with van der Waals surface area (Å²) in [6.07, 6.45) is 7.78. The van der Waals surface area contributed by atoms with Crippen molar-refractivity contribution in [3.8, 4) is 17.3 Å². The van der Waals surface area contributed by atoms with Crippen molar-refractivity contribution in [1.29, 1.82) is 0 Å². The predicted octanol–water partition coefficient (Wildman–Crippen LogP) is 0.608. The first-order chi connectivity index (χ1) is 12.3. The van der Waals surface area contributed by atoms with Crippen molar-refractivity contribution in [1.82, 2.24) is 44.3 Å². The Kier molecular flexibility index (Phi) is 2.71. The molecule has 0 spiro atoms. The number of rotatable bonds is 2. The lowest BCUT2D eigenvalue weighted by Gasteiger charge is -2.03. The molecule has 0 bridgehead atoms. The van der Waals surface area contributed by atoms with E-state index in [2.05, 4.69) is 35.2 Å². The number of fused-ring (bicyclic) bond motifs is 3. The minimum atomic E-state index is -0.274. The van der Waals surface area contributed by atoms with Crippen molar-refractivity contribution in [3.05, 3.63) is 59.7 Å². The highest BCUT2D eigenvalue weighted by atomic mass is 16.1. The Morgan fingerprint density at radius 2 is 1.96 bits per heavy atom. The van der Waals surface area contributed by atoms with Crippen LogP contribution < -0.4 is 5.56 Å². The van der Waals surface area contributed by atoms with Gasteiger partial charge in [-0.1, -0.05) is 0 Å². The van der Waals surface area contributed by atoms with E-state index in [1.165, 1.54) is 17.1 Å². The first-order valence-corrected chi connectivity index (χ1v) is 7.34. The Morgan fingerprint density at radius 1 is 1.08 bits per heavy atom. The molecular weight excluding hydrogens is 322 g/mol. The van der Waals surface area contributed by atoms with E-state index in [9.17, 15) is 4.79 Å². The van der Waals surface area contributed by atoms with Crippen LogP contribution in [-0.4, -0.2) is 44.3 Å². The lowest BCUT2D eigenvalue weighted by molar-refractivity contribution is 0.894. The Labute approximate surface area is 138 Å². The van der Waals surface area contributed by atoms with Crippen molar-refractivity contribution >= 4 is 16.7 Å². The van der Waals surface area contributed by atoms with Gasteiger partial charge in [0, 0.05) is 30.4 Å². The molecule has 10 heteroatoms. The largest absolute Gasteiger partial charge is 0.268 e. The first-order valence-electron chi connectivity index (χ1n) is 7.34. The molecule has 0 fully saturated rings. The van der Waals surface area contributed by atoms with Crippen molar-refractivity contribution in [2.75, 3.05) is 0 Å². The standard InChI is InChI=1S/C15H9N9O/c25-13-10-7-17-14-20-12(9-1-4-16-5-2-9)22-24(14)11(10)3-6-23(13)15-18-8-19-21-15/h1-8H,(H,18,19,21). The maximum absolute atomic E-state index is 12.7. The van der Waals surface area contributed by atoms with E-state index in [-0.39, 0.29) is 5.56 Å². The maximum atomic E-state index is 12.7. The van der Waals surface area contributed by atoms with Gasteiger partial charge in [-0.3, -0.25) is 14.3 Å². The summed E-state index contributed by atoms with van der Waals surface area (Å²) < 4.78 is 2.92. The van der Waals surface area contributed by atoms with E-state index in [0.717, 1.165) is 5.56 Å². The molecule has 0 saturated carbocycles. The maximum Gasteiger partial charge on any atom is 0.268 e. The number of aromatic nitrogens is 9. The Hall–Kier alpha value is -3.95. The number of nitrogens with zero attached hydrogens (tertiary/aromatic N) is 8. The van der Waals surface area contributed by atoms with Gasteiger partial charge in [-0.2, -0.15) is 19.6 Å². The van der Waals surface area contributed by atoms with E-state index < -0.39 is 0 Å². The lowest BCUT2D eigenvalue weighted by atomic mass is 10.3. The summed E-state index contributed by atoms with van der Waals surface area (Å²) in [4.78, 5) is 29.4. The molecule has 0 radical (unpaired) electrons. The fourth-order valence-corrected chi connectivity index (χ4v) is 2.62. The number of H-pyrrole nitrogens is 1. The van der Waals surface area contributed by atoms with Gasteiger partial charge in [0.25, 0.3) is 11.3 Å². The zero-order chi connectivity index (χ0) is 16.8. The van der Waals surface area contributed by atoms with Crippen LogP contribution >= 0.6 is 0 Å². The highest BCUT2D eigenvalue weighted by Crippen LogP contribution is 2.17. The van der Waals surface area contributed by atoms with Crippen molar-refractivity contribution in [2.24, 2.45) is 0 Å². The number of hydrogen-bond donors (Lipinski definition) is 1. The molecule has 120 valence electrons. The summed E-state index contributed by atoms with van der Waals surface area (Å²) in [5.41, 5.74) is 1.16. The van der Waals surface area contributed by atoms with Gasteiger partial charge in [0.15, 0.2) is 5.82 Å². The zero-order valence-electron chi connectivity index (χ0n) is 12.6. The van der Waals surface area contributed by atoms with Crippen LogP contribution in [-0.2, 0) is 0 Å². The Bertz CT molecular complexity index is 1260. The third kappa shape index (κ3) is 2.01. The van der Waals surface area contributed by atoms with Gasteiger partial charge in [0.1, 0.15) is 6.33 Å². The number of nitrogens with one attached hydrogen (secondary N) is 1. The second-order valence-corrected chi connectivity index (χ2v) is 5.24. The number of pyridine rings is 2. The van der Waals surface area contributed by atoms with E-state index in [0.29, 0.717) is 28.5 Å². The summed E-state index contributed by atoms with van der Waals surface area (Å²) in [7, 11) is 0. The van der Waals surface area contributed by atoms with Gasteiger partial charge in [0.05, 0.1) is 10.9 Å². The smallest absolute Gasteiger partial charge is 0.268 e. The molecule has 0 aliphatic rings. The van der Waals surface area contributed by atoms with Gasteiger partial charge in [-0.25, -0.2) is 10.1 Å². The molecule has 10 nitrogen and oxygen atoms in total. The highest BCUT2D eigenvalue weighted by Gasteiger charge is 2.13. The van der Waals surface area contributed by atoms with Crippen LogP contribution in [0.15, 0.2) is 54.1 Å². The summed E-state index contributed by atoms with van der Waals surface area (Å²) in [6, 6.07) is 5.39. The quantitative estimate of drug-likeness (QED) is 0.503. The summed E-state index contributed by atoms with van der Waals surface area (Å²) in [6.45, 7) is 0. The number of aromatic amines is 1. The van der Waals surface area contributed by atoms with Gasteiger partial charge in [-0.05, 0) is 18.2 Å². The van der Waals surface area contributed by atoms with E-state index in [4.69, 9.17) is 0 Å². The predicted molar refractivity (Wildman–Crippen MR) is 87.1 cm³/mol. The molecule has 0 aromatic carbocycles. The first kappa shape index (κ1) is 13.5. The van der Waals surface area contributed by atoms with Gasteiger partial charge < -0.3 is 0 Å². The summed E-state index contributed by atoms with van der Waals surface area (Å²) in [5, 5.41) is 11.3. The fraction of sp³-hybridized carbons (Fsp3) is 0. The molecule has 0 aliphatic heterocycles. The average Bonchev–Trinajstić information content (AvgIpc) is 3.32. The molecule has 0 amide bonds. The molecule has 5 aromatic rings. The average molecular weight is 331 g/mol. The Balaban J connectivity index is 1.77. The molecule has 0 atom stereocenters. The second kappa shape index (κ2) is 5.03. The molecule has 25 heavy (non-hydrogen) atoms. The van der Waals surface area contributed by atoms with Crippen LogP contribution in [0.25, 0.3) is 34.0 Å². The van der Waals surface area contributed by atoms with Crippen LogP contribution in [0.2, 0.25) is 0 Å². The van der Waals surface area contributed by atoms with Gasteiger partial charge in [-0.15, -0.1) is 5.10 Å². The highest BCUT2D eigenvalue weighted by molar-refractivity contribution is 5.79. The fourth-order valence-electron chi connectivity index (χ4n) is 2.62. The second-order valence-electron chi connectivity index (χ2n) is 5.24. The topological polar surface area (TPSA) is 120 Å². The summed E-state index contributed by atoms with van der Waals surface area (Å²) >= 11 is 0. The van der Waals surface area contributed by atoms with Crippen molar-refractivity contribution in [3.63, 3.8) is 0 Å². The minimum absolute atomic E-state index is 0.274. The van der Waals surface area contributed by atoms with Gasteiger partial charge >= 0.3 is 0 Å². The summed E-state index contributed by atoms with van der Waals surface area (Å²) in [5.74, 6) is 1.26. The van der Waals surface area contributed by atoms with Gasteiger partial charge in [0.2, 0.25) is 5.95 Å². The van der Waals surface area contributed by atoms with Crippen LogP contribution in [0.5, 0.6) is 0 Å². The normalized spacial score (nSPS) is 11.4. The molecular formula is C15H9N9O. The molecule has 5 rings (SSSR count). The monoisotopic (exact) mass is 331 g/mol. The van der Waals surface area contributed by atoms with Crippen molar-refractivity contribution in [2.45, 2.75) is 0 Å². The van der Waals surface area contributed by atoms with E-state index in [1.54, 1.807) is 29.2 Å². The Morgan fingerprint density at radius 3 is 2.76 bits per heavy atom. The van der Waals surface area contributed by atoms with E-state index in [1.807, 2.05) is 12.1 Å². The van der Waals surface area contributed by atoms with Crippen LogP contribution in [0.3, 0.4) is 0 Å². The molecule has 5 heterocycles. The van der Waals surface area contributed by atoms with E-state index >= 15 is 0 Å². The third-order valence-corrected chi connectivity index (χ3v) is 3.80. The number of hydrogen-bond acceptors (Lipinski definition) is 7. The minimum Gasteiger partial charge on any atom is -0.268 e. The van der Waals surface area contributed by atoms with Crippen LogP contribution in [0.4, 0.5) is 0 Å². The van der Waals surface area contributed by atoms with Crippen LogP contribution in [0, 0.1) is 0 Å². The molecule has 0 saturated heterocycles. The molecule has 1 N–H and O–H groups in total. The third-order valence-electron chi connectivity index (χ3n) is 3.80. The van der Waals surface area contributed by atoms with Crippen molar-refractivity contribution < 1.29 is 0 Å².